The fourth-order valence-electron chi connectivity index (χ4n) is 3.61. The Labute approximate surface area is 148 Å². The topological polar surface area (TPSA) is 69.3 Å². The highest BCUT2D eigenvalue weighted by atomic mass is 16.5. The summed E-state index contributed by atoms with van der Waals surface area (Å²) in [4.78, 5) is 15.2. The number of nitrogens with zero attached hydrogens (tertiary/aromatic N) is 1. The van der Waals surface area contributed by atoms with Crippen molar-refractivity contribution in [1.29, 1.82) is 0 Å². The van der Waals surface area contributed by atoms with Crippen molar-refractivity contribution in [1.82, 2.24) is 10.2 Å². The number of morpholine rings is 1. The number of benzene rings is 1. The van der Waals surface area contributed by atoms with E-state index in [9.17, 15) is 4.79 Å². The van der Waals surface area contributed by atoms with E-state index in [1.165, 1.54) is 7.11 Å². The van der Waals surface area contributed by atoms with Gasteiger partial charge in [-0.15, -0.1) is 0 Å². The minimum absolute atomic E-state index is 0.101. The van der Waals surface area contributed by atoms with E-state index >= 15 is 0 Å². The van der Waals surface area contributed by atoms with Crippen LogP contribution in [0, 0.1) is 0 Å². The third kappa shape index (κ3) is 3.67. The van der Waals surface area contributed by atoms with E-state index in [1.807, 2.05) is 0 Å². The standard InChI is InChI=1S/C18H26N2O5/c1-11-8-20-9-12(5-13(20)10-25-11)19-18(21)14-6-16(23-3)17(24-4)7-15(14)22-2/h6-7,11-13H,5,8-10H2,1-4H3,(H,19,21)/t11-,12+,13+/m1/s1. The van der Waals surface area contributed by atoms with Crippen molar-refractivity contribution in [3.63, 3.8) is 0 Å². The first-order valence-electron chi connectivity index (χ1n) is 8.52. The minimum Gasteiger partial charge on any atom is -0.496 e. The third-order valence-corrected chi connectivity index (χ3v) is 4.88. The first-order valence-corrected chi connectivity index (χ1v) is 8.52. The zero-order valence-electron chi connectivity index (χ0n) is 15.2. The van der Waals surface area contributed by atoms with E-state index in [0.29, 0.717) is 28.9 Å². The summed E-state index contributed by atoms with van der Waals surface area (Å²) in [5.74, 6) is 1.32. The van der Waals surface area contributed by atoms with Crippen LogP contribution in [0.2, 0.25) is 0 Å². The SMILES string of the molecule is COc1cc(OC)c(C(=O)N[C@H]2C[C@H]3CO[C@H](C)CN3C2)cc1OC. The monoisotopic (exact) mass is 350 g/mol. The van der Waals surface area contributed by atoms with Gasteiger partial charge in [0.15, 0.2) is 11.5 Å². The lowest BCUT2D eigenvalue weighted by molar-refractivity contribution is -0.0390. The number of carbonyl (C=O) groups excluding carboxylic acids is 1. The highest BCUT2D eigenvalue weighted by molar-refractivity contribution is 5.98. The van der Waals surface area contributed by atoms with Crippen LogP contribution in [-0.4, -0.2) is 70.0 Å². The van der Waals surface area contributed by atoms with E-state index < -0.39 is 0 Å². The van der Waals surface area contributed by atoms with Crippen molar-refractivity contribution >= 4 is 5.91 Å². The van der Waals surface area contributed by atoms with Crippen molar-refractivity contribution in [2.24, 2.45) is 0 Å². The van der Waals surface area contributed by atoms with Crippen molar-refractivity contribution in [3.8, 4) is 17.2 Å². The zero-order chi connectivity index (χ0) is 18.0. The average molecular weight is 350 g/mol. The smallest absolute Gasteiger partial charge is 0.255 e. The van der Waals surface area contributed by atoms with Crippen LogP contribution in [0.5, 0.6) is 17.2 Å². The number of nitrogens with one attached hydrogen (secondary N) is 1. The summed E-state index contributed by atoms with van der Waals surface area (Å²) in [7, 11) is 4.63. The third-order valence-electron chi connectivity index (χ3n) is 4.88. The van der Waals surface area contributed by atoms with Gasteiger partial charge in [0, 0.05) is 37.3 Å². The molecule has 0 aliphatic carbocycles. The average Bonchev–Trinajstić information content (AvgIpc) is 3.01. The number of fused-ring (bicyclic) bond motifs is 1. The number of hydrogen-bond donors (Lipinski definition) is 1. The Hall–Kier alpha value is -1.99. The summed E-state index contributed by atoms with van der Waals surface area (Å²) < 4.78 is 21.6. The van der Waals surface area contributed by atoms with Crippen LogP contribution in [0.1, 0.15) is 23.7 Å². The molecule has 3 atom stereocenters. The lowest BCUT2D eigenvalue weighted by Crippen LogP contribution is -2.45. The summed E-state index contributed by atoms with van der Waals surface area (Å²) in [5.41, 5.74) is 0.439. The second kappa shape index (κ2) is 7.49. The van der Waals surface area contributed by atoms with Gasteiger partial charge in [0.25, 0.3) is 5.91 Å². The highest BCUT2D eigenvalue weighted by Gasteiger charge is 2.37. The Morgan fingerprint density at radius 2 is 1.80 bits per heavy atom. The molecule has 1 aromatic rings. The van der Waals surface area contributed by atoms with Crippen LogP contribution in [0.4, 0.5) is 0 Å². The van der Waals surface area contributed by atoms with E-state index in [1.54, 1.807) is 26.4 Å². The molecule has 7 heteroatoms. The second-order valence-electron chi connectivity index (χ2n) is 6.57. The van der Waals surface area contributed by atoms with Crippen LogP contribution in [0.15, 0.2) is 12.1 Å². The summed E-state index contributed by atoms with van der Waals surface area (Å²) in [5, 5.41) is 3.12. The molecule has 0 spiro atoms. The molecule has 0 radical (unpaired) electrons. The fourth-order valence-corrected chi connectivity index (χ4v) is 3.61. The molecule has 25 heavy (non-hydrogen) atoms. The Balaban J connectivity index is 1.73. The Kier molecular flexibility index (Phi) is 5.34. The molecule has 0 aromatic heterocycles. The molecule has 2 fully saturated rings. The van der Waals surface area contributed by atoms with Crippen LogP contribution < -0.4 is 19.5 Å². The highest BCUT2D eigenvalue weighted by Crippen LogP contribution is 2.34. The maximum absolute atomic E-state index is 12.8. The Bertz CT molecular complexity index is 636. The number of methoxy groups -OCH3 is 3. The van der Waals surface area contributed by atoms with Gasteiger partial charge < -0.3 is 24.3 Å². The lowest BCUT2D eigenvalue weighted by atomic mass is 10.1. The van der Waals surface area contributed by atoms with Crippen LogP contribution in [0.25, 0.3) is 0 Å². The molecule has 2 saturated heterocycles. The molecule has 1 N–H and O–H groups in total. The van der Waals surface area contributed by atoms with Gasteiger partial charge >= 0.3 is 0 Å². The minimum atomic E-state index is -0.170. The van der Waals surface area contributed by atoms with E-state index in [-0.39, 0.29) is 18.1 Å². The summed E-state index contributed by atoms with van der Waals surface area (Å²) in [6.45, 7) is 4.57. The van der Waals surface area contributed by atoms with Crippen LogP contribution >= 0.6 is 0 Å². The Morgan fingerprint density at radius 1 is 1.12 bits per heavy atom. The van der Waals surface area contributed by atoms with Crippen LogP contribution in [0.3, 0.4) is 0 Å². The van der Waals surface area contributed by atoms with Crippen molar-refractivity contribution in [2.45, 2.75) is 31.5 Å². The van der Waals surface area contributed by atoms with Crippen molar-refractivity contribution in [2.75, 3.05) is 41.0 Å². The quantitative estimate of drug-likeness (QED) is 0.863. The number of hydrogen-bond acceptors (Lipinski definition) is 6. The lowest BCUT2D eigenvalue weighted by Gasteiger charge is -2.33. The molecule has 2 aliphatic heterocycles. The number of carbonyl (C=O) groups is 1. The molecule has 1 aromatic carbocycles. The number of ether oxygens (including phenoxy) is 4. The molecular weight excluding hydrogens is 324 g/mol. The van der Waals surface area contributed by atoms with Gasteiger partial charge in [0.2, 0.25) is 0 Å². The van der Waals surface area contributed by atoms with Gasteiger partial charge in [-0.1, -0.05) is 0 Å². The molecule has 0 unspecified atom stereocenters. The summed E-state index contributed by atoms with van der Waals surface area (Å²) >= 11 is 0. The molecule has 0 saturated carbocycles. The van der Waals surface area contributed by atoms with Gasteiger partial charge in [0.05, 0.1) is 39.6 Å². The first kappa shape index (κ1) is 17.8. The number of amides is 1. The largest absolute Gasteiger partial charge is 0.496 e. The zero-order valence-corrected chi connectivity index (χ0v) is 15.2. The van der Waals surface area contributed by atoms with E-state index in [4.69, 9.17) is 18.9 Å². The van der Waals surface area contributed by atoms with Gasteiger partial charge in [-0.25, -0.2) is 0 Å². The molecule has 0 bridgehead atoms. The predicted molar refractivity (Wildman–Crippen MR) is 92.7 cm³/mol. The Morgan fingerprint density at radius 3 is 2.48 bits per heavy atom. The van der Waals surface area contributed by atoms with E-state index in [2.05, 4.69) is 17.1 Å². The maximum Gasteiger partial charge on any atom is 0.255 e. The van der Waals surface area contributed by atoms with Gasteiger partial charge in [-0.05, 0) is 13.3 Å². The van der Waals surface area contributed by atoms with Crippen molar-refractivity contribution in [3.05, 3.63) is 17.7 Å². The summed E-state index contributed by atoms with van der Waals surface area (Å²) in [6, 6.07) is 3.81. The molecule has 3 rings (SSSR count). The number of rotatable bonds is 5. The molecule has 2 aliphatic rings. The molecule has 1 amide bonds. The van der Waals surface area contributed by atoms with E-state index in [0.717, 1.165) is 26.1 Å². The van der Waals surface area contributed by atoms with Crippen LogP contribution in [-0.2, 0) is 4.74 Å². The van der Waals surface area contributed by atoms with Crippen molar-refractivity contribution < 1.29 is 23.7 Å². The van der Waals surface area contributed by atoms with Gasteiger partial charge in [0.1, 0.15) is 5.75 Å². The maximum atomic E-state index is 12.8. The van der Waals surface area contributed by atoms with Gasteiger partial charge in [-0.3, -0.25) is 9.69 Å². The summed E-state index contributed by atoms with van der Waals surface area (Å²) in [6.07, 6.45) is 1.14. The predicted octanol–water partition coefficient (Wildman–Crippen LogP) is 1.30. The second-order valence-corrected chi connectivity index (χ2v) is 6.57. The molecule has 2 heterocycles. The molecule has 138 valence electrons. The molecular formula is C18H26N2O5. The molecule has 7 nitrogen and oxygen atoms in total. The fraction of sp³-hybridized carbons (Fsp3) is 0.611. The normalized spacial score (nSPS) is 26.0. The first-order chi connectivity index (χ1) is 12.0. The van der Waals surface area contributed by atoms with Gasteiger partial charge in [-0.2, -0.15) is 0 Å².